The highest BCUT2D eigenvalue weighted by Crippen LogP contribution is 2.39. The molecule has 11 nitrogen and oxygen atoms in total. The van der Waals surface area contributed by atoms with E-state index in [-0.39, 0.29) is 48.5 Å². The standard InChI is InChI=1S/C30H32ClFN8O3S/c1-30(34)9-11-39(12-10-30)22-14-36-28(26(33)37-22)44-21-4-2-3-19(24(21)31)35-13-16-5-6-17-18(25(16)32)15-40(29(17)43)20-7-8-23(41)38-27(20)42/h2-6,14,20,35H,7-13,15,34H2,1H3,(H2,33,37)(H,38,41,42). The normalized spacial score (nSPS) is 19.6. The molecule has 4 heterocycles. The van der Waals surface area contributed by atoms with E-state index in [1.807, 2.05) is 12.1 Å². The topological polar surface area (TPSA) is 160 Å². The predicted molar refractivity (Wildman–Crippen MR) is 166 cm³/mol. The maximum Gasteiger partial charge on any atom is 0.255 e. The third-order valence-electron chi connectivity index (χ3n) is 8.35. The summed E-state index contributed by atoms with van der Waals surface area (Å²) >= 11 is 8.03. The molecule has 3 aliphatic rings. The average Bonchev–Trinajstić information content (AvgIpc) is 3.32. The molecule has 0 spiro atoms. The van der Waals surface area contributed by atoms with Crippen LogP contribution in [0.1, 0.15) is 54.1 Å². The van der Waals surface area contributed by atoms with Gasteiger partial charge >= 0.3 is 0 Å². The number of halogens is 2. The van der Waals surface area contributed by atoms with Crippen molar-refractivity contribution in [2.45, 2.75) is 67.2 Å². The third-order valence-corrected chi connectivity index (χ3v) is 9.94. The van der Waals surface area contributed by atoms with Crippen molar-refractivity contribution in [3.05, 3.63) is 64.1 Å². The minimum Gasteiger partial charge on any atom is -0.381 e. The number of carbonyl (C=O) groups excluding carboxylic acids is 3. The molecule has 1 unspecified atom stereocenters. The van der Waals surface area contributed by atoms with E-state index >= 15 is 4.39 Å². The molecule has 3 aromatic rings. The van der Waals surface area contributed by atoms with Crippen molar-refractivity contribution in [2.24, 2.45) is 5.73 Å². The van der Waals surface area contributed by atoms with Crippen LogP contribution in [0.2, 0.25) is 5.02 Å². The lowest BCUT2D eigenvalue weighted by atomic mass is 9.91. The summed E-state index contributed by atoms with van der Waals surface area (Å²) in [5.41, 5.74) is 13.7. The predicted octanol–water partition coefficient (Wildman–Crippen LogP) is 3.69. The molecule has 3 aliphatic heterocycles. The minimum atomic E-state index is -0.810. The first-order valence-corrected chi connectivity index (χ1v) is 15.5. The highest BCUT2D eigenvalue weighted by molar-refractivity contribution is 7.99. The molecular weight excluding hydrogens is 607 g/mol. The van der Waals surface area contributed by atoms with Gasteiger partial charge in [0, 0.05) is 53.2 Å². The van der Waals surface area contributed by atoms with Crippen LogP contribution >= 0.6 is 23.4 Å². The van der Waals surface area contributed by atoms with Gasteiger partial charge in [-0.15, -0.1) is 0 Å². The Morgan fingerprint density at radius 1 is 1.20 bits per heavy atom. The fourth-order valence-electron chi connectivity index (χ4n) is 5.67. The van der Waals surface area contributed by atoms with Crippen LogP contribution < -0.4 is 27.0 Å². The molecule has 0 bridgehead atoms. The van der Waals surface area contributed by atoms with Crippen LogP contribution in [0, 0.1) is 5.82 Å². The maximum atomic E-state index is 15.6. The highest BCUT2D eigenvalue weighted by atomic mass is 35.5. The van der Waals surface area contributed by atoms with Crippen LogP contribution in [0.4, 0.5) is 21.7 Å². The number of fused-ring (bicyclic) bond motifs is 1. The Labute approximate surface area is 262 Å². The number of nitrogens with zero attached hydrogens (tertiary/aromatic N) is 4. The summed E-state index contributed by atoms with van der Waals surface area (Å²) < 4.78 is 15.6. The smallest absolute Gasteiger partial charge is 0.255 e. The van der Waals surface area contributed by atoms with Gasteiger partial charge in [-0.2, -0.15) is 0 Å². The van der Waals surface area contributed by atoms with Crippen LogP contribution in [0.25, 0.3) is 0 Å². The molecule has 1 atom stereocenters. The number of aromatic nitrogens is 2. The van der Waals surface area contributed by atoms with Gasteiger partial charge in [0.2, 0.25) is 11.8 Å². The zero-order chi connectivity index (χ0) is 31.2. The molecule has 6 rings (SSSR count). The molecule has 3 amide bonds. The Morgan fingerprint density at radius 3 is 2.70 bits per heavy atom. The van der Waals surface area contributed by atoms with Gasteiger partial charge in [-0.3, -0.25) is 19.7 Å². The molecule has 2 saturated heterocycles. The van der Waals surface area contributed by atoms with Crippen molar-refractivity contribution in [3.8, 4) is 0 Å². The van der Waals surface area contributed by atoms with Crippen LogP contribution in [0.15, 0.2) is 46.5 Å². The molecule has 0 saturated carbocycles. The van der Waals surface area contributed by atoms with Crippen molar-refractivity contribution in [3.63, 3.8) is 0 Å². The Morgan fingerprint density at radius 2 is 1.98 bits per heavy atom. The van der Waals surface area contributed by atoms with Gasteiger partial charge in [-0.05, 0) is 44.4 Å². The maximum absolute atomic E-state index is 15.6. The lowest BCUT2D eigenvalue weighted by Crippen LogP contribution is -2.52. The van der Waals surface area contributed by atoms with Crippen LogP contribution in [-0.2, 0) is 22.7 Å². The van der Waals surface area contributed by atoms with Crippen LogP contribution in [0.3, 0.4) is 0 Å². The van der Waals surface area contributed by atoms with E-state index in [1.165, 1.54) is 16.7 Å². The molecule has 44 heavy (non-hydrogen) atoms. The molecule has 0 aliphatic carbocycles. The minimum absolute atomic E-state index is 0.0432. The average molecular weight is 639 g/mol. The van der Waals surface area contributed by atoms with Gasteiger partial charge in [0.1, 0.15) is 22.7 Å². The summed E-state index contributed by atoms with van der Waals surface area (Å²) in [5.74, 6) is -0.856. The molecule has 2 fully saturated rings. The summed E-state index contributed by atoms with van der Waals surface area (Å²) in [4.78, 5) is 50.1. The van der Waals surface area contributed by atoms with Gasteiger partial charge in [-0.1, -0.05) is 35.5 Å². The van der Waals surface area contributed by atoms with E-state index in [0.717, 1.165) is 25.9 Å². The first-order valence-electron chi connectivity index (χ1n) is 14.3. The molecule has 2 aromatic carbocycles. The molecular formula is C30H32ClFN8O3S. The van der Waals surface area contributed by atoms with E-state index in [9.17, 15) is 14.4 Å². The molecule has 14 heteroatoms. The second-order valence-electron chi connectivity index (χ2n) is 11.6. The van der Waals surface area contributed by atoms with Crippen molar-refractivity contribution in [2.75, 3.05) is 29.0 Å². The first kappa shape index (κ1) is 30.1. The number of carbonyl (C=O) groups is 3. The number of benzene rings is 2. The van der Waals surface area contributed by atoms with Crippen LogP contribution in [0.5, 0.6) is 0 Å². The van der Waals surface area contributed by atoms with Crippen molar-refractivity contribution in [1.29, 1.82) is 0 Å². The molecule has 0 radical (unpaired) electrons. The SMILES string of the molecule is CC1(N)CCN(c2cnc(Sc3cccc(NCc4ccc5c(c4F)CN(C4CCC(=O)NC4=O)C5=O)c3Cl)c(N)n2)CC1. The second kappa shape index (κ2) is 11.9. The Bertz CT molecular complexity index is 1660. The number of nitrogens with one attached hydrogen (secondary N) is 2. The van der Waals surface area contributed by atoms with Crippen molar-refractivity contribution >= 4 is 58.4 Å². The Balaban J connectivity index is 1.13. The summed E-state index contributed by atoms with van der Waals surface area (Å²) in [6, 6.07) is 7.75. The van der Waals surface area contributed by atoms with Gasteiger partial charge in [0.15, 0.2) is 5.82 Å². The highest BCUT2D eigenvalue weighted by Gasteiger charge is 2.40. The van der Waals surface area contributed by atoms with Crippen molar-refractivity contribution < 1.29 is 18.8 Å². The fourth-order valence-corrected chi connectivity index (χ4v) is 6.79. The number of rotatable bonds is 7. The van der Waals surface area contributed by atoms with E-state index < -0.39 is 23.7 Å². The summed E-state index contributed by atoms with van der Waals surface area (Å²) in [6.07, 6.45) is 3.76. The summed E-state index contributed by atoms with van der Waals surface area (Å²) in [7, 11) is 0. The Hall–Kier alpha value is -3.94. The number of amides is 3. The van der Waals surface area contributed by atoms with Gasteiger partial charge in [0.05, 0.1) is 23.5 Å². The van der Waals surface area contributed by atoms with E-state index in [0.29, 0.717) is 37.8 Å². The van der Waals surface area contributed by atoms with E-state index in [4.69, 9.17) is 23.1 Å². The number of hydrogen-bond acceptors (Lipinski definition) is 10. The monoisotopic (exact) mass is 638 g/mol. The summed E-state index contributed by atoms with van der Waals surface area (Å²) in [6.45, 7) is 3.69. The van der Waals surface area contributed by atoms with E-state index in [2.05, 4.69) is 32.4 Å². The quantitative estimate of drug-likeness (QED) is 0.281. The number of imide groups is 1. The number of anilines is 3. The number of hydrogen-bond donors (Lipinski definition) is 4. The van der Waals surface area contributed by atoms with Gasteiger partial charge < -0.3 is 26.6 Å². The molecule has 1 aromatic heterocycles. The van der Waals surface area contributed by atoms with Crippen molar-refractivity contribution in [1.82, 2.24) is 20.2 Å². The molecule has 230 valence electrons. The number of nitrogens with two attached hydrogens (primary N) is 2. The van der Waals surface area contributed by atoms with Crippen LogP contribution in [-0.4, -0.2) is 57.3 Å². The zero-order valence-electron chi connectivity index (χ0n) is 24.0. The summed E-state index contributed by atoms with van der Waals surface area (Å²) in [5, 5.41) is 6.38. The number of piperidine rings is 2. The Kier molecular flexibility index (Phi) is 8.12. The molecule has 6 N–H and O–H groups in total. The fraction of sp³-hybridized carbons (Fsp3) is 0.367. The lowest BCUT2D eigenvalue weighted by molar-refractivity contribution is -0.136. The van der Waals surface area contributed by atoms with Gasteiger partial charge in [-0.25, -0.2) is 14.4 Å². The van der Waals surface area contributed by atoms with Gasteiger partial charge in [0.25, 0.3) is 5.91 Å². The third kappa shape index (κ3) is 5.91. The lowest BCUT2D eigenvalue weighted by Gasteiger charge is -2.37. The zero-order valence-corrected chi connectivity index (χ0v) is 25.6. The first-order chi connectivity index (χ1) is 21.0. The van der Waals surface area contributed by atoms with E-state index in [1.54, 1.807) is 24.4 Å². The second-order valence-corrected chi connectivity index (χ2v) is 13.0. The largest absolute Gasteiger partial charge is 0.381 e. The number of nitrogen functional groups attached to an aromatic ring is 1.